The maximum atomic E-state index is 13.3. The topological polar surface area (TPSA) is 72.4 Å². The molecule has 2 N–H and O–H groups in total. The molecule has 4 aromatic rings. The highest BCUT2D eigenvalue weighted by Gasteiger charge is 2.17. The molecule has 6 heteroatoms. The zero-order chi connectivity index (χ0) is 18.3. The van der Waals surface area contributed by atoms with Crippen LogP contribution in [0.25, 0.3) is 27.9 Å². The summed E-state index contributed by atoms with van der Waals surface area (Å²) in [4.78, 5) is 18.5. The average molecular weight is 347 g/mol. The number of halogens is 2. The Kier molecular flexibility index (Phi) is 3.63. The fourth-order valence-corrected chi connectivity index (χ4v) is 2.98. The first-order valence-corrected chi connectivity index (χ1v) is 7.76. The van der Waals surface area contributed by atoms with E-state index in [0.29, 0.717) is 32.9 Å². The molecule has 126 valence electrons. The third-order valence-corrected chi connectivity index (χ3v) is 4.23. The van der Waals surface area contributed by atoms with Crippen molar-refractivity contribution in [1.82, 2.24) is 9.97 Å². The highest BCUT2D eigenvalue weighted by atomic mass is 19.1. The molecule has 2 heterocycles. The maximum absolute atomic E-state index is 13.3. The Bertz CT molecular complexity index is 1240. The van der Waals surface area contributed by atoms with Gasteiger partial charge in [-0.1, -0.05) is 0 Å². The van der Waals surface area contributed by atoms with Crippen molar-refractivity contribution in [2.45, 2.75) is 0 Å². The Balaban J connectivity index is 1.79. The maximum Gasteiger partial charge on any atom is 0.205 e. The number of fused-ring (bicyclic) bond motifs is 2. The van der Waals surface area contributed by atoms with Gasteiger partial charge in [-0.05, 0) is 42.5 Å². The fourth-order valence-electron chi connectivity index (χ4n) is 2.98. The van der Waals surface area contributed by atoms with Crippen LogP contribution < -0.4 is 0 Å². The number of hydrogen-bond donors (Lipinski definition) is 2. The molecule has 4 nitrogen and oxygen atoms in total. The molecule has 0 atom stereocenters. The summed E-state index contributed by atoms with van der Waals surface area (Å²) in [5.74, 6) is -1.26. The molecule has 2 aromatic heterocycles. The summed E-state index contributed by atoms with van der Waals surface area (Å²) in [7, 11) is 0. The van der Waals surface area contributed by atoms with E-state index in [2.05, 4.69) is 9.97 Å². The molecular formula is C20H11F2N3O. The quantitative estimate of drug-likeness (QED) is 0.320. The highest BCUT2D eigenvalue weighted by Crippen LogP contribution is 2.25. The number of ketones is 1. The molecule has 0 saturated carbocycles. The number of aromatic nitrogens is 2. The number of benzene rings is 2. The van der Waals surface area contributed by atoms with Gasteiger partial charge in [-0.15, -0.1) is 0 Å². The predicted molar refractivity (Wildman–Crippen MR) is 94.4 cm³/mol. The normalized spacial score (nSPS) is 11.8. The van der Waals surface area contributed by atoms with Crippen LogP contribution >= 0.6 is 0 Å². The summed E-state index contributed by atoms with van der Waals surface area (Å²) < 4.78 is 26.6. The Morgan fingerprint density at radius 3 is 2.27 bits per heavy atom. The summed E-state index contributed by atoms with van der Waals surface area (Å²) in [6.45, 7) is 0. The molecule has 0 aliphatic rings. The summed E-state index contributed by atoms with van der Waals surface area (Å²) in [5, 5.41) is 10.7. The van der Waals surface area contributed by atoms with Crippen molar-refractivity contribution in [3.63, 3.8) is 0 Å². The van der Waals surface area contributed by atoms with Gasteiger partial charge in [-0.25, -0.2) is 8.78 Å². The fraction of sp³-hybridized carbons (Fsp3) is 0. The number of H-pyrrole nitrogens is 2. The standard InChI is InChI=1S/C20H11F2N3O/c21-13-1-3-15-12(9-24-18(15)6-13)5-11(8-23)20(26)17-10-25-19-7-14(22)2-4-16(17)19/h1-7,9-10,24-25H/b11-5+. The summed E-state index contributed by atoms with van der Waals surface area (Å²) in [5.41, 5.74) is 1.88. The summed E-state index contributed by atoms with van der Waals surface area (Å²) in [6.07, 6.45) is 4.53. The molecule has 0 unspecified atom stereocenters. The van der Waals surface area contributed by atoms with Gasteiger partial charge in [0.2, 0.25) is 5.78 Å². The Labute approximate surface area is 146 Å². The third kappa shape index (κ3) is 2.56. The second kappa shape index (κ2) is 5.97. The zero-order valence-corrected chi connectivity index (χ0v) is 13.3. The number of nitrogens with zero attached hydrogens (tertiary/aromatic N) is 1. The molecule has 26 heavy (non-hydrogen) atoms. The molecule has 0 saturated heterocycles. The van der Waals surface area contributed by atoms with Gasteiger partial charge in [0.15, 0.2) is 0 Å². The van der Waals surface area contributed by atoms with Crippen LogP contribution in [0.5, 0.6) is 0 Å². The van der Waals surface area contributed by atoms with Crippen molar-refractivity contribution in [2.75, 3.05) is 0 Å². The van der Waals surface area contributed by atoms with Gasteiger partial charge in [0.25, 0.3) is 0 Å². The minimum Gasteiger partial charge on any atom is -0.360 e. The lowest BCUT2D eigenvalue weighted by molar-refractivity contribution is 0.104. The second-order valence-corrected chi connectivity index (χ2v) is 5.83. The van der Waals surface area contributed by atoms with E-state index < -0.39 is 11.6 Å². The van der Waals surface area contributed by atoms with Crippen LogP contribution in [0.2, 0.25) is 0 Å². The van der Waals surface area contributed by atoms with Gasteiger partial charge in [0.1, 0.15) is 23.3 Å². The SMILES string of the molecule is N#C/C(=C\c1c[nH]c2cc(F)ccc12)C(=O)c1c[nH]c2cc(F)ccc12. The molecular weight excluding hydrogens is 336 g/mol. The van der Waals surface area contributed by atoms with Crippen molar-refractivity contribution in [2.24, 2.45) is 0 Å². The predicted octanol–water partition coefficient (Wildman–Crippen LogP) is 4.72. The molecule has 0 aliphatic heterocycles. The van der Waals surface area contributed by atoms with Gasteiger partial charge in [-0.3, -0.25) is 4.79 Å². The number of carbonyl (C=O) groups excluding carboxylic acids is 1. The number of Topliss-reactive ketones (excluding diaryl/α,β-unsaturated/α-hetero) is 1. The van der Waals surface area contributed by atoms with Gasteiger partial charge in [-0.2, -0.15) is 5.26 Å². The average Bonchev–Trinajstić information content (AvgIpc) is 3.22. The number of nitrogens with one attached hydrogen (secondary N) is 2. The molecule has 0 spiro atoms. The van der Waals surface area contributed by atoms with Gasteiger partial charge >= 0.3 is 0 Å². The molecule has 2 aromatic carbocycles. The minimum absolute atomic E-state index is 0.0690. The molecule has 0 radical (unpaired) electrons. The zero-order valence-electron chi connectivity index (χ0n) is 13.3. The third-order valence-electron chi connectivity index (χ3n) is 4.23. The lowest BCUT2D eigenvalue weighted by atomic mass is 10.0. The van der Waals surface area contributed by atoms with E-state index in [9.17, 15) is 18.8 Å². The van der Waals surface area contributed by atoms with Crippen molar-refractivity contribution in [1.29, 1.82) is 5.26 Å². The van der Waals surface area contributed by atoms with Crippen LogP contribution in [-0.2, 0) is 0 Å². The molecule has 4 rings (SSSR count). The Morgan fingerprint density at radius 1 is 0.962 bits per heavy atom. The Morgan fingerprint density at radius 2 is 1.58 bits per heavy atom. The molecule has 0 amide bonds. The first kappa shape index (κ1) is 15.8. The van der Waals surface area contributed by atoms with Gasteiger partial charge in [0, 0.05) is 45.3 Å². The van der Waals surface area contributed by atoms with E-state index in [1.165, 1.54) is 42.6 Å². The van der Waals surface area contributed by atoms with Crippen molar-refractivity contribution in [3.05, 3.63) is 77.1 Å². The summed E-state index contributed by atoms with van der Waals surface area (Å²) in [6, 6.07) is 10.2. The van der Waals surface area contributed by atoms with E-state index in [1.807, 2.05) is 6.07 Å². The largest absolute Gasteiger partial charge is 0.360 e. The lowest BCUT2D eigenvalue weighted by Crippen LogP contribution is -2.01. The van der Waals surface area contributed by atoms with Crippen LogP contribution in [0.4, 0.5) is 8.78 Å². The van der Waals surface area contributed by atoms with Crippen molar-refractivity contribution >= 4 is 33.7 Å². The van der Waals surface area contributed by atoms with Crippen LogP contribution in [0.1, 0.15) is 15.9 Å². The second-order valence-electron chi connectivity index (χ2n) is 5.83. The van der Waals surface area contributed by atoms with Gasteiger partial charge < -0.3 is 9.97 Å². The lowest BCUT2D eigenvalue weighted by Gasteiger charge is -1.99. The van der Waals surface area contributed by atoms with Gasteiger partial charge in [0.05, 0.1) is 0 Å². The number of allylic oxidation sites excluding steroid dienone is 1. The number of aromatic amines is 2. The smallest absolute Gasteiger partial charge is 0.205 e. The highest BCUT2D eigenvalue weighted by molar-refractivity contribution is 6.20. The summed E-state index contributed by atoms with van der Waals surface area (Å²) >= 11 is 0. The van der Waals surface area contributed by atoms with Crippen LogP contribution in [0.15, 0.2) is 54.4 Å². The van der Waals surface area contributed by atoms with Crippen LogP contribution in [0.3, 0.4) is 0 Å². The first-order valence-electron chi connectivity index (χ1n) is 7.76. The number of hydrogen-bond acceptors (Lipinski definition) is 2. The van der Waals surface area contributed by atoms with Crippen LogP contribution in [0, 0.1) is 23.0 Å². The van der Waals surface area contributed by atoms with E-state index in [-0.39, 0.29) is 11.4 Å². The minimum atomic E-state index is -0.471. The van der Waals surface area contributed by atoms with Crippen molar-refractivity contribution in [3.8, 4) is 6.07 Å². The van der Waals surface area contributed by atoms with Crippen molar-refractivity contribution < 1.29 is 13.6 Å². The van der Waals surface area contributed by atoms with Crippen LogP contribution in [-0.4, -0.2) is 15.8 Å². The van der Waals surface area contributed by atoms with E-state index in [0.717, 1.165) is 0 Å². The Hall–Kier alpha value is -3.72. The van der Waals surface area contributed by atoms with E-state index in [4.69, 9.17) is 0 Å². The number of rotatable bonds is 3. The number of carbonyl (C=O) groups is 1. The monoisotopic (exact) mass is 347 g/mol. The molecule has 0 aliphatic carbocycles. The molecule has 0 fully saturated rings. The van der Waals surface area contributed by atoms with E-state index in [1.54, 1.807) is 12.3 Å². The number of nitriles is 1. The van der Waals surface area contributed by atoms with E-state index >= 15 is 0 Å². The molecule has 0 bridgehead atoms. The first-order chi connectivity index (χ1) is 12.6.